The van der Waals surface area contributed by atoms with Crippen LogP contribution in [-0.4, -0.2) is 61.8 Å². The van der Waals surface area contributed by atoms with Crippen LogP contribution in [0.25, 0.3) is 0 Å². The van der Waals surface area contributed by atoms with E-state index in [1.165, 1.54) is 6.07 Å². The molecular weight excluding hydrogens is 358 g/mol. The molecule has 0 radical (unpaired) electrons. The van der Waals surface area contributed by atoms with Gasteiger partial charge in [0, 0.05) is 12.0 Å². The van der Waals surface area contributed by atoms with Gasteiger partial charge in [0.1, 0.15) is 18.3 Å². The fourth-order valence-corrected chi connectivity index (χ4v) is 3.75. The highest BCUT2D eigenvalue weighted by Gasteiger charge is 2.48. The molecule has 2 fully saturated rings. The van der Waals surface area contributed by atoms with E-state index in [9.17, 15) is 24.9 Å². The zero-order valence-corrected chi connectivity index (χ0v) is 15.0. The summed E-state index contributed by atoms with van der Waals surface area (Å²) in [6.45, 7) is 1.80. The maximum Gasteiger partial charge on any atom is 0.335 e. The molecule has 4 N–H and O–H groups in total. The summed E-state index contributed by atoms with van der Waals surface area (Å²) < 4.78 is 6.15. The molecule has 5 atom stereocenters. The molecule has 2 aliphatic rings. The summed E-state index contributed by atoms with van der Waals surface area (Å²) in [4.78, 5) is 29.3. The van der Waals surface area contributed by atoms with Gasteiger partial charge in [-0.2, -0.15) is 0 Å². The molecule has 2 heterocycles. The quantitative estimate of drug-likeness (QED) is 0.547. The van der Waals surface area contributed by atoms with Gasteiger partial charge in [0.2, 0.25) is 0 Å². The van der Waals surface area contributed by atoms with Crippen molar-refractivity contribution in [2.45, 2.75) is 75.7 Å². The minimum absolute atomic E-state index is 0.0952. The first-order valence-electron chi connectivity index (χ1n) is 9.13. The summed E-state index contributed by atoms with van der Waals surface area (Å²) in [7, 11) is 0. The van der Waals surface area contributed by atoms with E-state index in [4.69, 9.17) is 14.7 Å². The molecule has 0 amide bonds. The van der Waals surface area contributed by atoms with Crippen LogP contribution >= 0.6 is 0 Å². The van der Waals surface area contributed by atoms with Gasteiger partial charge in [0.05, 0.1) is 5.69 Å². The molecule has 0 aromatic carbocycles. The van der Waals surface area contributed by atoms with Gasteiger partial charge >= 0.3 is 5.97 Å². The van der Waals surface area contributed by atoms with E-state index in [0.717, 1.165) is 42.4 Å². The molecule has 150 valence electrons. The SMILES string of the molecule is Cc1cc(C2CCCCC2)n(OC2OC(C(=O)O)C(O)C(O)C2O)c(=O)c1. The van der Waals surface area contributed by atoms with Crippen LogP contribution in [0.4, 0.5) is 0 Å². The highest BCUT2D eigenvalue weighted by molar-refractivity contribution is 5.73. The molecule has 1 saturated carbocycles. The van der Waals surface area contributed by atoms with Crippen molar-refractivity contribution in [3.05, 3.63) is 33.7 Å². The van der Waals surface area contributed by atoms with Crippen molar-refractivity contribution in [1.29, 1.82) is 0 Å². The number of aryl methyl sites for hydroxylation is 1. The molecule has 27 heavy (non-hydrogen) atoms. The topological polar surface area (TPSA) is 138 Å². The van der Waals surface area contributed by atoms with Crippen molar-refractivity contribution in [3.63, 3.8) is 0 Å². The summed E-state index contributed by atoms with van der Waals surface area (Å²) in [5.74, 6) is -1.41. The van der Waals surface area contributed by atoms with Crippen molar-refractivity contribution < 1.29 is 34.8 Å². The number of aromatic nitrogens is 1. The number of aliphatic hydroxyl groups excluding tert-OH is 3. The zero-order chi connectivity index (χ0) is 19.7. The normalized spacial score (nSPS) is 32.2. The Morgan fingerprint density at radius 1 is 1.11 bits per heavy atom. The first-order chi connectivity index (χ1) is 12.8. The van der Waals surface area contributed by atoms with Crippen LogP contribution in [-0.2, 0) is 9.53 Å². The van der Waals surface area contributed by atoms with Crippen molar-refractivity contribution in [2.75, 3.05) is 0 Å². The molecule has 1 saturated heterocycles. The second-order valence-corrected chi connectivity index (χ2v) is 7.27. The summed E-state index contributed by atoms with van der Waals surface area (Å²) in [6.07, 6.45) is -3.76. The van der Waals surface area contributed by atoms with Crippen LogP contribution in [0.5, 0.6) is 0 Å². The smallest absolute Gasteiger partial charge is 0.335 e. The van der Waals surface area contributed by atoms with Crippen molar-refractivity contribution in [2.24, 2.45) is 0 Å². The van der Waals surface area contributed by atoms with E-state index in [0.29, 0.717) is 5.69 Å². The molecule has 1 aliphatic heterocycles. The Bertz CT molecular complexity index is 741. The van der Waals surface area contributed by atoms with E-state index in [1.807, 2.05) is 6.07 Å². The maximum absolute atomic E-state index is 12.5. The molecule has 9 heteroatoms. The Labute approximate surface area is 155 Å². The van der Waals surface area contributed by atoms with Crippen LogP contribution in [0.1, 0.15) is 49.3 Å². The Morgan fingerprint density at radius 3 is 2.41 bits per heavy atom. The van der Waals surface area contributed by atoms with E-state index in [1.54, 1.807) is 6.92 Å². The molecular formula is C18H25NO8. The number of pyridine rings is 1. The number of carboxylic acid groups (broad SMARTS) is 1. The molecule has 9 nitrogen and oxygen atoms in total. The van der Waals surface area contributed by atoms with Crippen LogP contribution in [0.3, 0.4) is 0 Å². The minimum Gasteiger partial charge on any atom is -0.479 e. The predicted octanol–water partition coefficient (Wildman–Crippen LogP) is -0.475. The molecule has 5 unspecified atom stereocenters. The third-order valence-corrected chi connectivity index (χ3v) is 5.21. The molecule has 1 aromatic rings. The number of nitrogens with zero attached hydrogens (tertiary/aromatic N) is 1. The van der Waals surface area contributed by atoms with Gasteiger partial charge in [-0.3, -0.25) is 4.79 Å². The second kappa shape index (κ2) is 7.97. The monoisotopic (exact) mass is 383 g/mol. The molecule has 0 bridgehead atoms. The summed E-state index contributed by atoms with van der Waals surface area (Å²) in [5, 5.41) is 39.0. The van der Waals surface area contributed by atoms with Gasteiger partial charge in [-0.15, -0.1) is 4.73 Å². The number of hydrogen-bond donors (Lipinski definition) is 4. The Kier molecular flexibility index (Phi) is 5.85. The number of aliphatic hydroxyl groups is 3. The highest BCUT2D eigenvalue weighted by atomic mass is 16.8. The summed E-state index contributed by atoms with van der Waals surface area (Å²) in [6, 6.07) is 3.19. The predicted molar refractivity (Wildman–Crippen MR) is 92.2 cm³/mol. The molecule has 0 spiro atoms. The number of hydrogen-bond acceptors (Lipinski definition) is 7. The van der Waals surface area contributed by atoms with Crippen molar-refractivity contribution in [3.8, 4) is 0 Å². The van der Waals surface area contributed by atoms with Gasteiger partial charge in [0.25, 0.3) is 11.8 Å². The van der Waals surface area contributed by atoms with E-state index < -0.39 is 42.2 Å². The van der Waals surface area contributed by atoms with E-state index >= 15 is 0 Å². The van der Waals surface area contributed by atoms with E-state index in [2.05, 4.69) is 0 Å². The largest absolute Gasteiger partial charge is 0.479 e. The van der Waals surface area contributed by atoms with Crippen LogP contribution < -0.4 is 10.4 Å². The lowest BCUT2D eigenvalue weighted by atomic mass is 9.86. The first kappa shape index (κ1) is 19.8. The van der Waals surface area contributed by atoms with Crippen LogP contribution in [0, 0.1) is 6.92 Å². The number of carboxylic acids is 1. The van der Waals surface area contributed by atoms with Gasteiger partial charge < -0.3 is 30.0 Å². The fourth-order valence-electron chi connectivity index (χ4n) is 3.75. The lowest BCUT2D eigenvalue weighted by Gasteiger charge is -2.38. The second-order valence-electron chi connectivity index (χ2n) is 7.27. The number of carbonyl (C=O) groups is 1. The van der Waals surface area contributed by atoms with Crippen molar-refractivity contribution in [1.82, 2.24) is 4.73 Å². The lowest BCUT2D eigenvalue weighted by molar-refractivity contribution is -0.295. The van der Waals surface area contributed by atoms with Crippen LogP contribution in [0.2, 0.25) is 0 Å². The van der Waals surface area contributed by atoms with E-state index in [-0.39, 0.29) is 5.92 Å². The Hall–Kier alpha value is -1.94. The average molecular weight is 383 g/mol. The third-order valence-electron chi connectivity index (χ3n) is 5.21. The standard InChI is InChI=1S/C18H25NO8/c1-9-7-11(10-5-3-2-4-6-10)19(12(20)8-9)27-18-15(23)13(21)14(22)16(26-18)17(24)25/h7-8,10,13-16,18,21-23H,2-6H2,1H3,(H,24,25). The highest BCUT2D eigenvalue weighted by Crippen LogP contribution is 2.32. The van der Waals surface area contributed by atoms with Crippen LogP contribution in [0.15, 0.2) is 16.9 Å². The van der Waals surface area contributed by atoms with Crippen molar-refractivity contribution >= 4 is 5.97 Å². The fraction of sp³-hybridized carbons (Fsp3) is 0.667. The Balaban J connectivity index is 1.92. The summed E-state index contributed by atoms with van der Waals surface area (Å²) >= 11 is 0. The Morgan fingerprint density at radius 2 is 1.78 bits per heavy atom. The summed E-state index contributed by atoms with van der Waals surface area (Å²) in [5.41, 5.74) is 0.922. The number of ether oxygens (including phenoxy) is 1. The minimum atomic E-state index is -1.81. The number of aliphatic carboxylic acids is 1. The first-order valence-corrected chi connectivity index (χ1v) is 9.13. The molecule has 1 aliphatic carbocycles. The van der Waals surface area contributed by atoms with Gasteiger partial charge in [-0.05, 0) is 31.4 Å². The third kappa shape index (κ3) is 4.01. The maximum atomic E-state index is 12.5. The zero-order valence-electron chi connectivity index (χ0n) is 15.0. The van der Waals surface area contributed by atoms with Gasteiger partial charge in [0.15, 0.2) is 6.10 Å². The lowest BCUT2D eigenvalue weighted by Crippen LogP contribution is -2.62. The molecule has 3 rings (SSSR count). The van der Waals surface area contributed by atoms with Gasteiger partial charge in [-0.1, -0.05) is 19.3 Å². The average Bonchev–Trinajstić information content (AvgIpc) is 2.64. The number of rotatable bonds is 4. The van der Waals surface area contributed by atoms with Gasteiger partial charge in [-0.25, -0.2) is 4.79 Å². The molecule has 1 aromatic heterocycles.